The Kier molecular flexibility index (Phi) is 8.11. The lowest BCUT2D eigenvalue weighted by Gasteiger charge is -2.11. The van der Waals surface area contributed by atoms with E-state index in [1.165, 1.54) is 38.5 Å². The number of alkyl halides is 1. The van der Waals surface area contributed by atoms with E-state index < -0.39 is 0 Å². The van der Waals surface area contributed by atoms with E-state index in [9.17, 15) is 0 Å². The zero-order valence-electron chi connectivity index (χ0n) is 8.78. The molecule has 0 heterocycles. The van der Waals surface area contributed by atoms with Crippen LogP contribution in [-0.2, 0) is 0 Å². The fourth-order valence-corrected chi connectivity index (χ4v) is 1.90. The van der Waals surface area contributed by atoms with E-state index in [-0.39, 0.29) is 0 Å². The van der Waals surface area contributed by atoms with Crippen molar-refractivity contribution in [3.8, 4) is 0 Å². The van der Waals surface area contributed by atoms with Crippen molar-refractivity contribution in [3.05, 3.63) is 0 Å². The minimum atomic E-state index is 0.353. The predicted octanol–water partition coefficient (Wildman–Crippen LogP) is 4.61. The maximum absolute atomic E-state index is 5.91. The molecule has 0 spiro atoms. The SMILES string of the molecule is CCCCCCC(C)CC(C)Cl. The summed E-state index contributed by atoms with van der Waals surface area (Å²) in [6.45, 7) is 6.65. The quantitative estimate of drug-likeness (QED) is 0.406. The maximum atomic E-state index is 5.91. The second-order valence-corrected chi connectivity index (χ2v) is 4.72. The van der Waals surface area contributed by atoms with Crippen LogP contribution in [0.5, 0.6) is 0 Å². The minimum absolute atomic E-state index is 0.353. The fraction of sp³-hybridized carbons (Fsp3) is 1.00. The van der Waals surface area contributed by atoms with Crippen LogP contribution >= 0.6 is 11.6 Å². The van der Waals surface area contributed by atoms with Crippen LogP contribution in [0.4, 0.5) is 0 Å². The summed E-state index contributed by atoms with van der Waals surface area (Å²) in [5, 5.41) is 0.353. The number of halogens is 1. The summed E-state index contributed by atoms with van der Waals surface area (Å²) in [4.78, 5) is 0. The third-order valence-electron chi connectivity index (χ3n) is 2.28. The molecular weight excluding hydrogens is 168 g/mol. The molecular formula is C11H23Cl. The second kappa shape index (κ2) is 7.91. The summed E-state index contributed by atoms with van der Waals surface area (Å²) >= 11 is 5.91. The first kappa shape index (κ1) is 12.3. The molecule has 0 radical (unpaired) electrons. The average Bonchev–Trinajstić information content (AvgIpc) is 1.97. The Hall–Kier alpha value is 0.290. The molecule has 0 saturated carbocycles. The van der Waals surface area contributed by atoms with Crippen molar-refractivity contribution >= 4 is 11.6 Å². The lowest BCUT2D eigenvalue weighted by molar-refractivity contribution is 0.458. The largest absolute Gasteiger partial charge is 0.123 e. The molecule has 0 saturated heterocycles. The first-order valence-corrected chi connectivity index (χ1v) is 5.74. The number of unbranched alkanes of at least 4 members (excludes halogenated alkanes) is 3. The standard InChI is InChI=1S/C11H23Cl/c1-4-5-6-7-8-10(2)9-11(3)12/h10-11H,4-9H2,1-3H3. The highest BCUT2D eigenvalue weighted by Crippen LogP contribution is 2.17. The summed E-state index contributed by atoms with van der Waals surface area (Å²) < 4.78 is 0. The van der Waals surface area contributed by atoms with Crippen molar-refractivity contribution in [3.63, 3.8) is 0 Å². The predicted molar refractivity (Wildman–Crippen MR) is 57.9 cm³/mol. The van der Waals surface area contributed by atoms with Gasteiger partial charge in [-0.2, -0.15) is 0 Å². The van der Waals surface area contributed by atoms with Crippen molar-refractivity contribution in [2.24, 2.45) is 5.92 Å². The first-order valence-electron chi connectivity index (χ1n) is 5.30. The highest BCUT2D eigenvalue weighted by Gasteiger charge is 2.05. The van der Waals surface area contributed by atoms with Gasteiger partial charge in [0, 0.05) is 5.38 Å². The van der Waals surface area contributed by atoms with Gasteiger partial charge in [-0.05, 0) is 19.3 Å². The topological polar surface area (TPSA) is 0 Å². The summed E-state index contributed by atoms with van der Waals surface area (Å²) in [5.74, 6) is 0.814. The smallest absolute Gasteiger partial charge is 0.0310 e. The zero-order chi connectivity index (χ0) is 9.40. The van der Waals surface area contributed by atoms with Crippen molar-refractivity contribution in [1.29, 1.82) is 0 Å². The fourth-order valence-electron chi connectivity index (χ4n) is 1.59. The van der Waals surface area contributed by atoms with Crippen molar-refractivity contribution in [2.45, 2.75) is 64.7 Å². The normalized spacial score (nSPS) is 16.0. The highest BCUT2D eigenvalue weighted by molar-refractivity contribution is 6.20. The van der Waals surface area contributed by atoms with Crippen LogP contribution in [0, 0.1) is 5.92 Å². The van der Waals surface area contributed by atoms with Crippen LogP contribution < -0.4 is 0 Å². The van der Waals surface area contributed by atoms with E-state index >= 15 is 0 Å². The molecule has 0 rings (SSSR count). The van der Waals surface area contributed by atoms with Gasteiger partial charge >= 0.3 is 0 Å². The van der Waals surface area contributed by atoms with Crippen molar-refractivity contribution in [2.75, 3.05) is 0 Å². The molecule has 74 valence electrons. The molecule has 0 aromatic heterocycles. The minimum Gasteiger partial charge on any atom is -0.123 e. The molecule has 0 aromatic carbocycles. The van der Waals surface area contributed by atoms with Gasteiger partial charge in [0.05, 0.1) is 0 Å². The van der Waals surface area contributed by atoms with Gasteiger partial charge in [-0.25, -0.2) is 0 Å². The molecule has 0 nitrogen and oxygen atoms in total. The van der Waals surface area contributed by atoms with E-state index in [0.29, 0.717) is 5.38 Å². The second-order valence-electron chi connectivity index (χ2n) is 3.97. The maximum Gasteiger partial charge on any atom is 0.0310 e. The van der Waals surface area contributed by atoms with Crippen molar-refractivity contribution < 1.29 is 0 Å². The summed E-state index contributed by atoms with van der Waals surface area (Å²) in [7, 11) is 0. The van der Waals surface area contributed by atoms with E-state index in [1.54, 1.807) is 0 Å². The summed E-state index contributed by atoms with van der Waals surface area (Å²) in [5.41, 5.74) is 0. The number of hydrogen-bond acceptors (Lipinski definition) is 0. The van der Waals surface area contributed by atoms with Crippen LogP contribution in [-0.4, -0.2) is 5.38 Å². The summed E-state index contributed by atoms with van der Waals surface area (Å²) in [6.07, 6.45) is 8.05. The van der Waals surface area contributed by atoms with Gasteiger partial charge in [0.1, 0.15) is 0 Å². The lowest BCUT2D eigenvalue weighted by Crippen LogP contribution is -2.01. The van der Waals surface area contributed by atoms with Crippen molar-refractivity contribution in [1.82, 2.24) is 0 Å². The van der Waals surface area contributed by atoms with Gasteiger partial charge in [-0.1, -0.05) is 46.0 Å². The molecule has 1 heteroatoms. The Morgan fingerprint density at radius 1 is 1.08 bits per heavy atom. The average molecular weight is 191 g/mol. The molecule has 0 aliphatic heterocycles. The van der Waals surface area contributed by atoms with Crippen LogP contribution in [0.1, 0.15) is 59.3 Å². The number of hydrogen-bond donors (Lipinski definition) is 0. The molecule has 2 unspecified atom stereocenters. The van der Waals surface area contributed by atoms with Crippen LogP contribution in [0.2, 0.25) is 0 Å². The van der Waals surface area contributed by atoms with E-state index in [4.69, 9.17) is 11.6 Å². The third kappa shape index (κ3) is 8.39. The molecule has 0 aromatic rings. The Bertz CT molecular complexity index is 89.0. The highest BCUT2D eigenvalue weighted by atomic mass is 35.5. The molecule has 12 heavy (non-hydrogen) atoms. The van der Waals surface area contributed by atoms with Gasteiger partial charge in [0.15, 0.2) is 0 Å². The first-order chi connectivity index (χ1) is 5.66. The summed E-state index contributed by atoms with van der Waals surface area (Å²) in [6, 6.07) is 0. The zero-order valence-corrected chi connectivity index (χ0v) is 9.53. The van der Waals surface area contributed by atoms with Gasteiger partial charge in [0.25, 0.3) is 0 Å². The van der Waals surface area contributed by atoms with E-state index in [1.807, 2.05) is 0 Å². The van der Waals surface area contributed by atoms with Gasteiger partial charge in [-0.15, -0.1) is 11.6 Å². The Labute approximate surface area is 82.7 Å². The Morgan fingerprint density at radius 3 is 2.25 bits per heavy atom. The van der Waals surface area contributed by atoms with E-state index in [2.05, 4.69) is 20.8 Å². The molecule has 0 bridgehead atoms. The lowest BCUT2D eigenvalue weighted by atomic mass is 9.98. The molecule has 0 aliphatic rings. The van der Waals surface area contributed by atoms with Crippen LogP contribution in [0.25, 0.3) is 0 Å². The Morgan fingerprint density at radius 2 is 1.75 bits per heavy atom. The molecule has 0 N–H and O–H groups in total. The molecule has 2 atom stereocenters. The van der Waals surface area contributed by atoms with E-state index in [0.717, 1.165) is 5.92 Å². The third-order valence-corrected chi connectivity index (χ3v) is 2.46. The molecule has 0 amide bonds. The van der Waals surface area contributed by atoms with Gasteiger partial charge < -0.3 is 0 Å². The number of rotatable bonds is 7. The Balaban J connectivity index is 3.14. The molecule has 0 aliphatic carbocycles. The van der Waals surface area contributed by atoms with Gasteiger partial charge in [-0.3, -0.25) is 0 Å². The molecule has 0 fully saturated rings. The van der Waals surface area contributed by atoms with Crippen LogP contribution in [0.3, 0.4) is 0 Å². The monoisotopic (exact) mass is 190 g/mol. The van der Waals surface area contributed by atoms with Gasteiger partial charge in [0.2, 0.25) is 0 Å². The van der Waals surface area contributed by atoms with Crippen LogP contribution in [0.15, 0.2) is 0 Å².